The largest absolute Gasteiger partial charge is 0.309 e. The predicted molar refractivity (Wildman–Crippen MR) is 338 cm³/mol. The molecule has 1 unspecified atom stereocenters. The van der Waals surface area contributed by atoms with E-state index in [1.165, 1.54) is 5.56 Å². The Bertz CT molecular complexity index is 5260. The minimum atomic E-state index is -0.120. The number of rotatable bonds is 8. The van der Waals surface area contributed by atoms with E-state index in [1.807, 2.05) is 0 Å². The number of fused-ring (bicyclic) bond motifs is 13. The highest BCUT2D eigenvalue weighted by atomic mass is 15.2. The average Bonchev–Trinajstić information content (AvgIpc) is 2.82. The minimum Gasteiger partial charge on any atom is -0.309 e. The van der Waals surface area contributed by atoms with Crippen molar-refractivity contribution in [3.63, 3.8) is 0 Å². The number of aromatic nitrogens is 6. The van der Waals surface area contributed by atoms with Crippen molar-refractivity contribution in [2.24, 2.45) is 0 Å². The molecule has 17 rings (SSSR count). The number of benzene rings is 12. The first kappa shape index (κ1) is 46.6. The van der Waals surface area contributed by atoms with Crippen molar-refractivity contribution < 1.29 is 0 Å². The highest BCUT2D eigenvalue weighted by Gasteiger charge is 2.35. The Morgan fingerprint density at radius 3 is 1.53 bits per heavy atom. The molecule has 4 aromatic heterocycles. The lowest BCUT2D eigenvalue weighted by atomic mass is 9.84. The third-order valence-corrected chi connectivity index (χ3v) is 17.1. The van der Waals surface area contributed by atoms with Crippen molar-refractivity contribution in [1.29, 1.82) is 5.26 Å². The molecule has 0 fully saturated rings. The molecular weight excluding hydrogens is 1010 g/mol. The first-order valence-corrected chi connectivity index (χ1v) is 28.2. The second-order valence-electron chi connectivity index (χ2n) is 21.6. The van der Waals surface area contributed by atoms with E-state index in [2.05, 4.69) is 303 Å². The molecule has 16 aromatic rings. The third kappa shape index (κ3) is 7.10. The lowest BCUT2D eigenvalue weighted by molar-refractivity contribution is 0.910. The molecule has 0 saturated carbocycles. The van der Waals surface area contributed by atoms with Gasteiger partial charge in [-0.1, -0.05) is 206 Å². The Morgan fingerprint density at radius 2 is 0.880 bits per heavy atom. The maximum Gasteiger partial charge on any atom is 0.220 e. The zero-order valence-electron chi connectivity index (χ0n) is 44.8. The van der Waals surface area contributed by atoms with Crippen molar-refractivity contribution in [1.82, 2.24) is 28.1 Å². The van der Waals surface area contributed by atoms with Crippen molar-refractivity contribution in [2.45, 2.75) is 5.92 Å². The van der Waals surface area contributed by atoms with Gasteiger partial charge in [-0.25, -0.2) is 9.97 Å². The Morgan fingerprint density at radius 1 is 0.349 bits per heavy atom. The van der Waals surface area contributed by atoms with E-state index in [9.17, 15) is 5.26 Å². The van der Waals surface area contributed by atoms with Gasteiger partial charge in [0, 0.05) is 27.6 Å². The maximum absolute atomic E-state index is 12.4. The maximum atomic E-state index is 12.4. The molecule has 1 atom stereocenters. The summed E-state index contributed by atoms with van der Waals surface area (Å²) in [4.78, 5) is 10.8. The second-order valence-corrected chi connectivity index (χ2v) is 21.6. The molecule has 0 saturated heterocycles. The highest BCUT2D eigenvalue weighted by molar-refractivity contribution is 6.11. The van der Waals surface area contributed by atoms with Gasteiger partial charge in [-0.05, 0) is 128 Å². The van der Waals surface area contributed by atoms with Crippen LogP contribution in [-0.2, 0) is 0 Å². The second kappa shape index (κ2) is 18.4. The van der Waals surface area contributed by atoms with Crippen LogP contribution in [0.1, 0.15) is 28.4 Å². The van der Waals surface area contributed by atoms with Crippen LogP contribution in [0.3, 0.4) is 0 Å². The van der Waals surface area contributed by atoms with Crippen LogP contribution in [0.2, 0.25) is 0 Å². The fraction of sp³-hybridized carbons (Fsp3) is 0.0132. The van der Waals surface area contributed by atoms with Gasteiger partial charge >= 0.3 is 0 Å². The number of imidazole rings is 3. The van der Waals surface area contributed by atoms with Crippen molar-refractivity contribution in [3.05, 3.63) is 302 Å². The lowest BCUT2D eigenvalue weighted by Crippen LogP contribution is -2.04. The van der Waals surface area contributed by atoms with Crippen molar-refractivity contribution in [2.75, 3.05) is 0 Å². The van der Waals surface area contributed by atoms with Gasteiger partial charge in [0.15, 0.2) is 0 Å². The molecule has 0 aliphatic carbocycles. The van der Waals surface area contributed by atoms with Crippen molar-refractivity contribution in [3.8, 4) is 78.8 Å². The Balaban J connectivity index is 0.986. The number of hydrogen-bond acceptors (Lipinski definition) is 3. The van der Waals surface area contributed by atoms with E-state index in [4.69, 9.17) is 9.97 Å². The summed E-state index contributed by atoms with van der Waals surface area (Å²) in [6.45, 7) is 0. The molecule has 1 aliphatic rings. The standard InChI is InChI=1S/C76H47N7/c77-47-61-72(54-37-41-66-70(45-54)83-69-43-53(49-22-8-2-9-23-49)36-40-63(69)79-76(83)80(66)56-28-14-5-15-29-56)60(50-24-10-3-11-25-50)46-71(81-64-32-18-16-30-57(64)58-31-17-19-33-65(58)81)73(61)55-34-38-59-67(44-55)82-68-42-52(48-20-6-1-7-21-48)35-39-62(68)78-75(82)74(59)51-26-12-4-13-27-51/h1-46,74H. The summed E-state index contributed by atoms with van der Waals surface area (Å²) in [6, 6.07) is 102. The fourth-order valence-corrected chi connectivity index (χ4v) is 13.4. The van der Waals surface area contributed by atoms with Gasteiger partial charge in [-0.3, -0.25) is 13.5 Å². The van der Waals surface area contributed by atoms with Gasteiger partial charge in [0.05, 0.1) is 67.0 Å². The van der Waals surface area contributed by atoms with Crippen molar-refractivity contribution >= 4 is 60.7 Å². The zero-order valence-corrected chi connectivity index (χ0v) is 44.8. The van der Waals surface area contributed by atoms with E-state index in [0.29, 0.717) is 5.56 Å². The molecule has 5 heterocycles. The summed E-state index contributed by atoms with van der Waals surface area (Å²) < 4.78 is 9.31. The van der Waals surface area contributed by atoms with Crippen LogP contribution < -0.4 is 0 Å². The molecule has 0 N–H and O–H groups in total. The quantitative estimate of drug-likeness (QED) is 0.152. The van der Waals surface area contributed by atoms with E-state index in [-0.39, 0.29) is 5.92 Å². The first-order valence-electron chi connectivity index (χ1n) is 28.2. The molecule has 7 heteroatoms. The van der Waals surface area contributed by atoms with Gasteiger partial charge in [-0.2, -0.15) is 5.26 Å². The molecule has 0 spiro atoms. The number of nitrogens with zero attached hydrogens (tertiary/aromatic N) is 7. The van der Waals surface area contributed by atoms with E-state index in [1.54, 1.807) is 0 Å². The summed E-state index contributed by atoms with van der Waals surface area (Å²) in [6.07, 6.45) is 0. The molecule has 0 amide bonds. The third-order valence-electron chi connectivity index (χ3n) is 17.1. The summed E-state index contributed by atoms with van der Waals surface area (Å²) in [5.41, 5.74) is 23.8. The molecule has 386 valence electrons. The lowest BCUT2D eigenvalue weighted by Gasteiger charge is -2.23. The number of para-hydroxylation sites is 3. The highest BCUT2D eigenvalue weighted by Crippen LogP contribution is 2.50. The summed E-state index contributed by atoms with van der Waals surface area (Å²) in [5, 5.41) is 14.7. The molecule has 83 heavy (non-hydrogen) atoms. The van der Waals surface area contributed by atoms with Crippen LogP contribution in [0, 0.1) is 11.3 Å². The van der Waals surface area contributed by atoms with E-state index >= 15 is 0 Å². The van der Waals surface area contributed by atoms with Gasteiger partial charge in [0.1, 0.15) is 11.9 Å². The topological polar surface area (TPSA) is 68.8 Å². The SMILES string of the molecule is N#Cc1c(-c2ccc3c(c2)n2c4cc(-c5ccccc5)ccc4nc2n3-c2ccccc2)c(-c2ccccc2)cc(-n2c3ccccc3c3ccccc32)c1-c1ccc2c(c1)-n1c(nc3ccc(-c4ccccc4)cc31)C2c1ccccc1. The summed E-state index contributed by atoms with van der Waals surface area (Å²) in [7, 11) is 0. The van der Waals surface area contributed by atoms with Crippen LogP contribution in [0.15, 0.2) is 279 Å². The van der Waals surface area contributed by atoms with Gasteiger partial charge in [0.2, 0.25) is 5.78 Å². The first-order chi connectivity index (χ1) is 41.1. The van der Waals surface area contributed by atoms with Crippen LogP contribution in [-0.4, -0.2) is 28.1 Å². The predicted octanol–water partition coefficient (Wildman–Crippen LogP) is 18.6. The Hall–Kier alpha value is -11.3. The summed E-state index contributed by atoms with van der Waals surface area (Å²) in [5.74, 6) is 1.66. The molecule has 12 aromatic carbocycles. The Kier molecular flexibility index (Phi) is 10.3. The van der Waals surface area contributed by atoms with Gasteiger partial charge in [-0.15, -0.1) is 0 Å². The van der Waals surface area contributed by atoms with Crippen LogP contribution in [0.5, 0.6) is 0 Å². The van der Waals surface area contributed by atoms with Crippen LogP contribution >= 0.6 is 0 Å². The van der Waals surface area contributed by atoms with Crippen LogP contribution in [0.25, 0.3) is 133 Å². The summed E-state index contributed by atoms with van der Waals surface area (Å²) >= 11 is 0. The zero-order chi connectivity index (χ0) is 54.7. The molecule has 0 radical (unpaired) electrons. The fourth-order valence-electron chi connectivity index (χ4n) is 13.4. The molecule has 7 nitrogen and oxygen atoms in total. The Labute approximate surface area is 477 Å². The molecule has 0 bridgehead atoms. The smallest absolute Gasteiger partial charge is 0.220 e. The van der Waals surface area contributed by atoms with E-state index in [0.717, 1.165) is 145 Å². The van der Waals surface area contributed by atoms with E-state index < -0.39 is 0 Å². The van der Waals surface area contributed by atoms with Gasteiger partial charge < -0.3 is 4.57 Å². The average molecular weight is 1060 g/mol. The van der Waals surface area contributed by atoms with Crippen LogP contribution in [0.4, 0.5) is 0 Å². The van der Waals surface area contributed by atoms with Gasteiger partial charge in [0.25, 0.3) is 0 Å². The number of hydrogen-bond donors (Lipinski definition) is 0. The number of nitriles is 1. The normalized spacial score (nSPS) is 12.9. The molecule has 1 aliphatic heterocycles. The monoisotopic (exact) mass is 1060 g/mol. The minimum absolute atomic E-state index is 0.120. The molecular formula is C76H47N7.